The third kappa shape index (κ3) is 7.71. The van der Waals surface area contributed by atoms with E-state index in [4.69, 9.17) is 17.0 Å². The van der Waals surface area contributed by atoms with Crippen LogP contribution in [0.3, 0.4) is 0 Å². The van der Waals surface area contributed by atoms with Gasteiger partial charge in [-0.2, -0.15) is 0 Å². The quantitative estimate of drug-likeness (QED) is 0.388. The highest BCUT2D eigenvalue weighted by atomic mass is 32.1. The highest BCUT2D eigenvalue weighted by Gasteiger charge is 2.11. The standard InChI is InChI=1S/C22H26N4O4S/c1-4-13-30-18-11-7-15(8-12-18)20(28)24-22(31)26-25-21(29)16-5-9-17(10-6-16)23-19(27)14(2)3/h5-12,14H,4,13H2,1-3H3,(H,23,27)(H,25,29)(H2,24,26,28,31). The average Bonchev–Trinajstić information content (AvgIpc) is 2.76. The molecule has 8 nitrogen and oxygen atoms in total. The van der Waals surface area contributed by atoms with Gasteiger partial charge in [0.1, 0.15) is 5.75 Å². The molecule has 0 aliphatic carbocycles. The van der Waals surface area contributed by atoms with Crippen LogP contribution < -0.4 is 26.2 Å². The number of hydrogen-bond acceptors (Lipinski definition) is 5. The second-order valence-electron chi connectivity index (χ2n) is 6.96. The van der Waals surface area contributed by atoms with Crippen molar-refractivity contribution in [1.29, 1.82) is 0 Å². The number of rotatable bonds is 7. The van der Waals surface area contributed by atoms with E-state index in [1.807, 2.05) is 6.92 Å². The maximum absolute atomic E-state index is 12.2. The van der Waals surface area contributed by atoms with Gasteiger partial charge < -0.3 is 10.1 Å². The molecule has 164 valence electrons. The minimum Gasteiger partial charge on any atom is -0.494 e. The highest BCUT2D eigenvalue weighted by molar-refractivity contribution is 7.80. The van der Waals surface area contributed by atoms with E-state index < -0.39 is 11.8 Å². The van der Waals surface area contributed by atoms with Crippen molar-refractivity contribution < 1.29 is 19.1 Å². The van der Waals surface area contributed by atoms with Gasteiger partial charge in [0.15, 0.2) is 5.11 Å². The van der Waals surface area contributed by atoms with E-state index >= 15 is 0 Å². The van der Waals surface area contributed by atoms with Crippen LogP contribution in [-0.2, 0) is 4.79 Å². The van der Waals surface area contributed by atoms with E-state index in [-0.39, 0.29) is 16.9 Å². The van der Waals surface area contributed by atoms with Crippen LogP contribution in [0.5, 0.6) is 5.75 Å². The number of carbonyl (C=O) groups is 3. The Hall–Kier alpha value is -3.46. The molecular weight excluding hydrogens is 416 g/mol. The molecule has 0 unspecified atom stereocenters. The van der Waals surface area contributed by atoms with Crippen molar-refractivity contribution in [3.8, 4) is 5.75 Å². The van der Waals surface area contributed by atoms with Gasteiger partial charge in [0.2, 0.25) is 5.91 Å². The smallest absolute Gasteiger partial charge is 0.269 e. The molecule has 3 amide bonds. The molecule has 0 radical (unpaired) electrons. The first-order valence-corrected chi connectivity index (χ1v) is 10.3. The van der Waals surface area contributed by atoms with Crippen LogP contribution >= 0.6 is 12.2 Å². The first-order chi connectivity index (χ1) is 14.8. The number of hydrazine groups is 1. The van der Waals surface area contributed by atoms with E-state index in [9.17, 15) is 14.4 Å². The van der Waals surface area contributed by atoms with Crippen molar-refractivity contribution in [2.24, 2.45) is 5.92 Å². The normalized spacial score (nSPS) is 10.2. The first-order valence-electron chi connectivity index (χ1n) is 9.85. The molecule has 0 spiro atoms. The Labute approximate surface area is 186 Å². The van der Waals surface area contributed by atoms with Crippen LogP contribution in [0, 0.1) is 5.92 Å². The fraction of sp³-hybridized carbons (Fsp3) is 0.273. The van der Waals surface area contributed by atoms with Crippen LogP contribution in [0.4, 0.5) is 5.69 Å². The van der Waals surface area contributed by atoms with Crippen molar-refractivity contribution >= 4 is 40.7 Å². The predicted molar refractivity (Wildman–Crippen MR) is 123 cm³/mol. The second-order valence-corrected chi connectivity index (χ2v) is 7.36. The molecule has 2 aromatic carbocycles. The van der Waals surface area contributed by atoms with E-state index in [1.165, 1.54) is 0 Å². The van der Waals surface area contributed by atoms with Crippen molar-refractivity contribution in [2.45, 2.75) is 27.2 Å². The Bertz CT molecular complexity index is 928. The van der Waals surface area contributed by atoms with Gasteiger partial charge in [-0.15, -0.1) is 0 Å². The minimum absolute atomic E-state index is 0.0505. The molecule has 0 aromatic heterocycles. The number of hydrogen-bond donors (Lipinski definition) is 4. The van der Waals surface area contributed by atoms with Gasteiger partial charge in [0.25, 0.3) is 11.8 Å². The lowest BCUT2D eigenvalue weighted by Crippen LogP contribution is -2.48. The number of ether oxygens (including phenoxy) is 1. The van der Waals surface area contributed by atoms with Crippen molar-refractivity contribution in [1.82, 2.24) is 16.2 Å². The van der Waals surface area contributed by atoms with Crippen LogP contribution in [-0.4, -0.2) is 29.4 Å². The second kappa shape index (κ2) is 11.7. The molecule has 0 saturated heterocycles. The summed E-state index contributed by atoms with van der Waals surface area (Å²) in [6, 6.07) is 13.0. The SMILES string of the molecule is CCCOc1ccc(C(=O)NC(=S)NNC(=O)c2ccc(NC(=O)C(C)C)cc2)cc1. The highest BCUT2D eigenvalue weighted by Crippen LogP contribution is 2.13. The zero-order chi connectivity index (χ0) is 22.8. The monoisotopic (exact) mass is 442 g/mol. The summed E-state index contributed by atoms with van der Waals surface area (Å²) in [4.78, 5) is 36.2. The summed E-state index contributed by atoms with van der Waals surface area (Å²) >= 11 is 5.04. The molecule has 0 bridgehead atoms. The summed E-state index contributed by atoms with van der Waals surface area (Å²) in [6.45, 7) is 6.20. The number of carbonyl (C=O) groups excluding carboxylic acids is 3. The fourth-order valence-corrected chi connectivity index (χ4v) is 2.45. The van der Waals surface area contributed by atoms with E-state index in [1.54, 1.807) is 62.4 Å². The number of amides is 3. The Balaban J connectivity index is 1.81. The summed E-state index contributed by atoms with van der Waals surface area (Å²) in [6.07, 6.45) is 0.896. The third-order valence-corrected chi connectivity index (χ3v) is 4.25. The Morgan fingerprint density at radius 3 is 2.06 bits per heavy atom. The summed E-state index contributed by atoms with van der Waals surface area (Å²) in [7, 11) is 0. The van der Waals surface area contributed by atoms with Crippen LogP contribution in [0.15, 0.2) is 48.5 Å². The Kier molecular flexibility index (Phi) is 8.95. The molecule has 31 heavy (non-hydrogen) atoms. The van der Waals surface area contributed by atoms with Crippen molar-refractivity contribution in [3.63, 3.8) is 0 Å². The molecule has 0 fully saturated rings. The summed E-state index contributed by atoms with van der Waals surface area (Å²) in [5.74, 6) is -0.435. The Morgan fingerprint density at radius 1 is 0.903 bits per heavy atom. The van der Waals surface area contributed by atoms with Gasteiger partial charge in [-0.25, -0.2) is 0 Å². The molecular formula is C22H26N4O4S. The molecule has 2 rings (SSSR count). The first kappa shape index (κ1) is 23.8. The molecule has 0 saturated carbocycles. The van der Waals surface area contributed by atoms with Crippen molar-refractivity contribution in [2.75, 3.05) is 11.9 Å². The fourth-order valence-electron chi connectivity index (χ4n) is 2.31. The number of benzene rings is 2. The molecule has 0 aliphatic rings. The largest absolute Gasteiger partial charge is 0.494 e. The van der Waals surface area contributed by atoms with Gasteiger partial charge in [0, 0.05) is 22.7 Å². The lowest BCUT2D eigenvalue weighted by Gasteiger charge is -2.12. The lowest BCUT2D eigenvalue weighted by molar-refractivity contribution is -0.118. The topological polar surface area (TPSA) is 109 Å². The Morgan fingerprint density at radius 2 is 1.48 bits per heavy atom. The lowest BCUT2D eigenvalue weighted by atomic mass is 10.1. The van der Waals surface area contributed by atoms with Crippen molar-refractivity contribution in [3.05, 3.63) is 59.7 Å². The molecule has 0 atom stereocenters. The molecule has 4 N–H and O–H groups in total. The molecule has 9 heteroatoms. The maximum Gasteiger partial charge on any atom is 0.269 e. The third-order valence-electron chi connectivity index (χ3n) is 4.04. The zero-order valence-corrected chi connectivity index (χ0v) is 18.5. The summed E-state index contributed by atoms with van der Waals surface area (Å²) in [5.41, 5.74) is 6.25. The van der Waals surface area contributed by atoms with Gasteiger partial charge in [-0.3, -0.25) is 30.6 Å². The van der Waals surface area contributed by atoms with Gasteiger partial charge in [-0.05, 0) is 67.2 Å². The number of anilines is 1. The van der Waals surface area contributed by atoms with Gasteiger partial charge >= 0.3 is 0 Å². The number of thiocarbonyl (C=S) groups is 1. The van der Waals surface area contributed by atoms with Crippen LogP contribution in [0.1, 0.15) is 47.9 Å². The molecule has 0 aliphatic heterocycles. The maximum atomic E-state index is 12.2. The van der Waals surface area contributed by atoms with E-state index in [2.05, 4.69) is 21.5 Å². The molecule has 0 heterocycles. The summed E-state index contributed by atoms with van der Waals surface area (Å²) in [5, 5.41) is 5.18. The average molecular weight is 443 g/mol. The predicted octanol–water partition coefficient (Wildman–Crippen LogP) is 3.02. The van der Waals surface area contributed by atoms with E-state index in [0.717, 1.165) is 6.42 Å². The van der Waals surface area contributed by atoms with Gasteiger partial charge in [-0.1, -0.05) is 20.8 Å². The molecule has 2 aromatic rings. The minimum atomic E-state index is -0.448. The number of nitrogens with one attached hydrogen (secondary N) is 4. The summed E-state index contributed by atoms with van der Waals surface area (Å²) < 4.78 is 5.48. The van der Waals surface area contributed by atoms with Crippen LogP contribution in [0.25, 0.3) is 0 Å². The zero-order valence-electron chi connectivity index (χ0n) is 17.7. The van der Waals surface area contributed by atoms with Crippen LogP contribution in [0.2, 0.25) is 0 Å². The van der Waals surface area contributed by atoms with E-state index in [0.29, 0.717) is 29.2 Å². The van der Waals surface area contributed by atoms with Gasteiger partial charge in [0.05, 0.1) is 6.61 Å².